The van der Waals surface area contributed by atoms with E-state index >= 15 is 0 Å². The Kier molecular flexibility index (Phi) is 6.82. The lowest BCUT2D eigenvalue weighted by Gasteiger charge is -2.13. The Morgan fingerprint density at radius 1 is 0.972 bits per heavy atom. The second kappa shape index (κ2) is 10.3. The van der Waals surface area contributed by atoms with E-state index in [1.54, 1.807) is 16.7 Å². The summed E-state index contributed by atoms with van der Waals surface area (Å²) in [5.41, 5.74) is 2.55. The third-order valence-corrected chi connectivity index (χ3v) is 6.78. The molecular formula is C28H26ClN5O2. The van der Waals surface area contributed by atoms with E-state index < -0.39 is 0 Å². The molecule has 0 aliphatic carbocycles. The minimum atomic E-state index is -0.162. The number of hydrogen-bond acceptors (Lipinski definition) is 4. The Balaban J connectivity index is 1.41. The summed E-state index contributed by atoms with van der Waals surface area (Å²) in [6.45, 7) is 2.92. The number of para-hydroxylation sites is 1. The molecule has 0 aliphatic rings. The Labute approximate surface area is 213 Å². The number of fused-ring (bicyclic) bond motifs is 3. The van der Waals surface area contributed by atoms with Crippen molar-refractivity contribution in [3.05, 3.63) is 111 Å². The summed E-state index contributed by atoms with van der Waals surface area (Å²) in [6, 6.07) is 24.9. The first kappa shape index (κ1) is 23.8. The lowest BCUT2D eigenvalue weighted by Crippen LogP contribution is -2.28. The third kappa shape index (κ3) is 4.75. The molecule has 0 spiro atoms. The fourth-order valence-corrected chi connectivity index (χ4v) is 4.59. The van der Waals surface area contributed by atoms with Gasteiger partial charge in [0.15, 0.2) is 0 Å². The maximum absolute atomic E-state index is 13.4. The molecule has 2 heterocycles. The molecule has 0 saturated heterocycles. The molecule has 0 saturated carbocycles. The minimum absolute atomic E-state index is 0.0526. The van der Waals surface area contributed by atoms with Gasteiger partial charge in [-0.3, -0.25) is 18.6 Å². The van der Waals surface area contributed by atoms with Gasteiger partial charge >= 0.3 is 0 Å². The highest BCUT2D eigenvalue weighted by Gasteiger charge is 2.18. The van der Waals surface area contributed by atoms with Crippen molar-refractivity contribution in [2.75, 3.05) is 6.54 Å². The number of amides is 1. The topological polar surface area (TPSA) is 81.3 Å². The van der Waals surface area contributed by atoms with E-state index in [1.165, 1.54) is 5.56 Å². The van der Waals surface area contributed by atoms with Gasteiger partial charge in [-0.1, -0.05) is 79.2 Å². The largest absolute Gasteiger partial charge is 0.355 e. The summed E-state index contributed by atoms with van der Waals surface area (Å²) in [5, 5.41) is 12.9. The number of rotatable bonds is 8. The highest BCUT2D eigenvalue weighted by Crippen LogP contribution is 2.20. The summed E-state index contributed by atoms with van der Waals surface area (Å²) in [4.78, 5) is 26.0. The van der Waals surface area contributed by atoms with Crippen LogP contribution >= 0.6 is 11.6 Å². The van der Waals surface area contributed by atoms with Gasteiger partial charge in [-0.25, -0.2) is 0 Å². The summed E-state index contributed by atoms with van der Waals surface area (Å²) < 4.78 is 3.45. The molecule has 0 aliphatic heterocycles. The summed E-state index contributed by atoms with van der Waals surface area (Å²) in [6.07, 6.45) is 0.654. The average molecular weight is 500 g/mol. The SMILES string of the molecule is CC(CNC(=O)CCc1nnc2n(Cc3ccccc3Cl)c(=O)c3ccccc3n12)c1ccccc1. The van der Waals surface area contributed by atoms with E-state index in [1.807, 2.05) is 59.0 Å². The number of halogens is 1. The fourth-order valence-electron chi connectivity index (χ4n) is 4.40. The smallest absolute Gasteiger partial charge is 0.263 e. The van der Waals surface area contributed by atoms with Crippen LogP contribution in [-0.2, 0) is 17.8 Å². The molecule has 36 heavy (non-hydrogen) atoms. The zero-order valence-corrected chi connectivity index (χ0v) is 20.7. The zero-order valence-electron chi connectivity index (χ0n) is 19.9. The van der Waals surface area contributed by atoms with Crippen LogP contribution in [0.3, 0.4) is 0 Å². The van der Waals surface area contributed by atoms with E-state index in [2.05, 4.69) is 34.6 Å². The molecule has 1 atom stereocenters. The molecule has 5 rings (SSSR count). The van der Waals surface area contributed by atoms with Crippen LogP contribution < -0.4 is 10.9 Å². The van der Waals surface area contributed by atoms with Gasteiger partial charge in [0.1, 0.15) is 5.82 Å². The Morgan fingerprint density at radius 2 is 1.69 bits per heavy atom. The van der Waals surface area contributed by atoms with Crippen LogP contribution in [0.25, 0.3) is 16.7 Å². The molecule has 7 nitrogen and oxygen atoms in total. The number of carbonyl (C=O) groups excluding carboxylic acids is 1. The van der Waals surface area contributed by atoms with Gasteiger partial charge < -0.3 is 5.32 Å². The van der Waals surface area contributed by atoms with Crippen molar-refractivity contribution in [2.24, 2.45) is 0 Å². The standard InChI is InChI=1S/C28H26ClN5O2/c1-19(20-9-3-2-4-10-20)17-30-26(35)16-15-25-31-32-28-33(18-21-11-5-7-13-23(21)29)27(36)22-12-6-8-14-24(22)34(25)28/h2-14,19H,15-18H2,1H3,(H,30,35). The van der Waals surface area contributed by atoms with Gasteiger partial charge in [0.25, 0.3) is 5.56 Å². The first-order valence-electron chi connectivity index (χ1n) is 11.9. The Morgan fingerprint density at radius 3 is 2.50 bits per heavy atom. The monoisotopic (exact) mass is 499 g/mol. The molecule has 5 aromatic rings. The number of aryl methyl sites for hydroxylation is 1. The maximum atomic E-state index is 13.4. The van der Waals surface area contributed by atoms with E-state index in [0.717, 1.165) is 5.56 Å². The lowest BCUT2D eigenvalue weighted by molar-refractivity contribution is -0.121. The van der Waals surface area contributed by atoms with E-state index in [4.69, 9.17) is 11.6 Å². The number of hydrogen-bond donors (Lipinski definition) is 1. The molecule has 2 aromatic heterocycles. The van der Waals surface area contributed by atoms with Crippen molar-refractivity contribution >= 4 is 34.2 Å². The lowest BCUT2D eigenvalue weighted by atomic mass is 10.0. The molecule has 182 valence electrons. The van der Waals surface area contributed by atoms with Crippen LogP contribution in [0.1, 0.15) is 36.2 Å². The van der Waals surface area contributed by atoms with Crippen molar-refractivity contribution in [3.8, 4) is 0 Å². The molecule has 3 aromatic carbocycles. The third-order valence-electron chi connectivity index (χ3n) is 6.41. The summed E-state index contributed by atoms with van der Waals surface area (Å²) in [7, 11) is 0. The molecule has 1 N–H and O–H groups in total. The first-order valence-corrected chi connectivity index (χ1v) is 12.3. The number of nitrogens with zero attached hydrogens (tertiary/aromatic N) is 4. The van der Waals surface area contributed by atoms with Gasteiger partial charge in [-0.2, -0.15) is 0 Å². The fraction of sp³-hybridized carbons (Fsp3) is 0.214. The molecule has 1 unspecified atom stereocenters. The van der Waals surface area contributed by atoms with Crippen molar-refractivity contribution < 1.29 is 4.79 Å². The minimum Gasteiger partial charge on any atom is -0.355 e. The average Bonchev–Trinajstić information content (AvgIpc) is 3.34. The van der Waals surface area contributed by atoms with Crippen molar-refractivity contribution in [3.63, 3.8) is 0 Å². The molecule has 0 fully saturated rings. The van der Waals surface area contributed by atoms with Crippen molar-refractivity contribution in [1.29, 1.82) is 0 Å². The van der Waals surface area contributed by atoms with Gasteiger partial charge in [0.2, 0.25) is 11.7 Å². The highest BCUT2D eigenvalue weighted by molar-refractivity contribution is 6.31. The highest BCUT2D eigenvalue weighted by atomic mass is 35.5. The van der Waals surface area contributed by atoms with Crippen LogP contribution in [0.4, 0.5) is 0 Å². The number of benzene rings is 3. The van der Waals surface area contributed by atoms with Crippen molar-refractivity contribution in [2.45, 2.75) is 32.2 Å². The number of aromatic nitrogens is 4. The molecule has 0 bridgehead atoms. The van der Waals surface area contributed by atoms with Crippen LogP contribution in [0.2, 0.25) is 5.02 Å². The second-order valence-electron chi connectivity index (χ2n) is 8.87. The van der Waals surface area contributed by atoms with E-state index in [0.29, 0.717) is 40.5 Å². The predicted octanol–water partition coefficient (Wildman–Crippen LogP) is 4.60. The summed E-state index contributed by atoms with van der Waals surface area (Å²) in [5.74, 6) is 1.21. The van der Waals surface area contributed by atoms with Gasteiger partial charge in [0.05, 0.1) is 17.4 Å². The zero-order chi connectivity index (χ0) is 25.1. The molecule has 0 radical (unpaired) electrons. The van der Waals surface area contributed by atoms with Gasteiger partial charge in [-0.05, 0) is 35.2 Å². The van der Waals surface area contributed by atoms with Crippen molar-refractivity contribution in [1.82, 2.24) is 24.5 Å². The van der Waals surface area contributed by atoms with Crippen LogP contribution in [0, 0.1) is 0 Å². The maximum Gasteiger partial charge on any atom is 0.263 e. The molecule has 1 amide bonds. The second-order valence-corrected chi connectivity index (χ2v) is 9.27. The van der Waals surface area contributed by atoms with Crippen LogP contribution in [0.15, 0.2) is 83.7 Å². The van der Waals surface area contributed by atoms with Gasteiger partial charge in [0, 0.05) is 24.4 Å². The molecule has 8 heteroatoms. The van der Waals surface area contributed by atoms with Crippen LogP contribution in [-0.4, -0.2) is 31.6 Å². The van der Waals surface area contributed by atoms with E-state index in [-0.39, 0.29) is 30.3 Å². The quantitative estimate of drug-likeness (QED) is 0.338. The number of nitrogens with one attached hydrogen (secondary N) is 1. The summed E-state index contributed by atoms with van der Waals surface area (Å²) >= 11 is 6.37. The predicted molar refractivity (Wildman–Crippen MR) is 141 cm³/mol. The Bertz CT molecular complexity index is 1590. The normalized spacial score (nSPS) is 12.2. The first-order chi connectivity index (χ1) is 17.5. The van der Waals surface area contributed by atoms with Gasteiger partial charge in [-0.15, -0.1) is 10.2 Å². The Hall–Kier alpha value is -3.97. The number of carbonyl (C=O) groups is 1. The van der Waals surface area contributed by atoms with Crippen LogP contribution in [0.5, 0.6) is 0 Å². The molecular weight excluding hydrogens is 474 g/mol. The van der Waals surface area contributed by atoms with E-state index in [9.17, 15) is 9.59 Å².